The Labute approximate surface area is 146 Å². The normalized spacial score (nSPS) is 12.5. The maximum Gasteiger partial charge on any atom is 0.310 e. The van der Waals surface area contributed by atoms with Gasteiger partial charge in [-0.2, -0.15) is 0 Å². The molecule has 130 valence electrons. The van der Waals surface area contributed by atoms with Crippen LogP contribution in [0.4, 0.5) is 4.39 Å². The average Bonchev–Trinajstić information content (AvgIpc) is 3.07. The molecule has 2 aromatic carbocycles. The number of fused-ring (bicyclic) bond motifs is 1. The molecule has 0 unspecified atom stereocenters. The Bertz CT molecular complexity index is 788. The van der Waals surface area contributed by atoms with Crippen LogP contribution < -0.4 is 5.32 Å². The Morgan fingerprint density at radius 2 is 1.88 bits per heavy atom. The molecule has 0 aromatic heterocycles. The summed E-state index contributed by atoms with van der Waals surface area (Å²) < 4.78 is 18.5. The first-order chi connectivity index (χ1) is 12.1. The van der Waals surface area contributed by atoms with Gasteiger partial charge in [0.2, 0.25) is 0 Å². The SMILES string of the molecule is O=C(COC(=O)Cc1ccc2c(c1)CCC2)NCc1ccccc1F. The summed E-state index contributed by atoms with van der Waals surface area (Å²) in [5.74, 6) is -1.28. The number of ether oxygens (including phenoxy) is 1. The van der Waals surface area contributed by atoms with Crippen LogP contribution in [-0.2, 0) is 40.1 Å². The van der Waals surface area contributed by atoms with E-state index < -0.39 is 11.9 Å². The Morgan fingerprint density at radius 3 is 2.72 bits per heavy atom. The molecule has 0 heterocycles. The van der Waals surface area contributed by atoms with E-state index in [0.29, 0.717) is 5.56 Å². The molecule has 1 amide bonds. The third-order valence-electron chi connectivity index (χ3n) is 4.31. The summed E-state index contributed by atoms with van der Waals surface area (Å²) >= 11 is 0. The van der Waals surface area contributed by atoms with Crippen molar-refractivity contribution in [2.45, 2.75) is 32.2 Å². The van der Waals surface area contributed by atoms with E-state index >= 15 is 0 Å². The van der Waals surface area contributed by atoms with Crippen LogP contribution in [0, 0.1) is 5.82 Å². The van der Waals surface area contributed by atoms with E-state index in [1.54, 1.807) is 18.2 Å². The number of halogens is 1. The van der Waals surface area contributed by atoms with Gasteiger partial charge in [-0.3, -0.25) is 9.59 Å². The largest absolute Gasteiger partial charge is 0.455 e. The van der Waals surface area contributed by atoms with Crippen molar-refractivity contribution in [3.05, 3.63) is 70.5 Å². The second kappa shape index (κ2) is 7.92. The predicted molar refractivity (Wildman–Crippen MR) is 91.4 cm³/mol. The first-order valence-corrected chi connectivity index (χ1v) is 8.38. The summed E-state index contributed by atoms with van der Waals surface area (Å²) in [7, 11) is 0. The highest BCUT2D eigenvalue weighted by atomic mass is 19.1. The first-order valence-electron chi connectivity index (χ1n) is 8.38. The van der Waals surface area contributed by atoms with E-state index in [4.69, 9.17) is 4.74 Å². The Morgan fingerprint density at radius 1 is 1.08 bits per heavy atom. The van der Waals surface area contributed by atoms with E-state index in [9.17, 15) is 14.0 Å². The van der Waals surface area contributed by atoms with Gasteiger partial charge in [-0.05, 0) is 42.0 Å². The number of hydrogen-bond donors (Lipinski definition) is 1. The molecule has 2 aromatic rings. The number of esters is 1. The molecule has 5 heteroatoms. The maximum atomic E-state index is 13.5. The number of nitrogens with one attached hydrogen (secondary N) is 1. The minimum atomic E-state index is -0.453. The van der Waals surface area contributed by atoms with Gasteiger partial charge >= 0.3 is 5.97 Å². The maximum absolute atomic E-state index is 13.5. The summed E-state index contributed by atoms with van der Waals surface area (Å²) in [5.41, 5.74) is 3.94. The molecule has 1 N–H and O–H groups in total. The molecule has 25 heavy (non-hydrogen) atoms. The van der Waals surface area contributed by atoms with Gasteiger partial charge < -0.3 is 10.1 Å². The molecule has 0 bridgehead atoms. The minimum Gasteiger partial charge on any atom is -0.455 e. The van der Waals surface area contributed by atoms with E-state index in [-0.39, 0.29) is 25.4 Å². The quantitative estimate of drug-likeness (QED) is 0.822. The van der Waals surface area contributed by atoms with Gasteiger partial charge in [0, 0.05) is 12.1 Å². The first kappa shape index (κ1) is 17.1. The van der Waals surface area contributed by atoms with Crippen LogP contribution in [0.25, 0.3) is 0 Å². The molecule has 3 rings (SSSR count). The number of amides is 1. The Hall–Kier alpha value is -2.69. The van der Waals surface area contributed by atoms with Crippen LogP contribution in [0.5, 0.6) is 0 Å². The van der Waals surface area contributed by atoms with Gasteiger partial charge in [-0.1, -0.05) is 36.4 Å². The predicted octanol–water partition coefficient (Wildman–Crippen LogP) is 2.72. The molecule has 0 spiro atoms. The van der Waals surface area contributed by atoms with Crippen LogP contribution in [-0.4, -0.2) is 18.5 Å². The number of benzene rings is 2. The Balaban J connectivity index is 1.42. The standard InChI is InChI=1S/C20H20FNO3/c21-18-7-2-1-4-17(18)12-22-19(23)13-25-20(24)11-14-8-9-15-5-3-6-16(15)10-14/h1-2,4,7-10H,3,5-6,11-13H2,(H,22,23). The number of carbonyl (C=O) groups is 2. The van der Waals surface area contributed by atoms with Crippen molar-refractivity contribution in [3.8, 4) is 0 Å². The molecule has 0 saturated heterocycles. The lowest BCUT2D eigenvalue weighted by atomic mass is 10.0. The van der Waals surface area contributed by atoms with Gasteiger partial charge in [0.1, 0.15) is 5.82 Å². The zero-order valence-electron chi connectivity index (χ0n) is 13.9. The van der Waals surface area contributed by atoms with E-state index in [1.165, 1.54) is 17.2 Å². The molecule has 1 aliphatic rings. The molecule has 0 fully saturated rings. The van der Waals surface area contributed by atoms with Gasteiger partial charge in [-0.15, -0.1) is 0 Å². The van der Waals surface area contributed by atoms with Crippen molar-refractivity contribution < 1.29 is 18.7 Å². The van der Waals surface area contributed by atoms with Gasteiger partial charge in [-0.25, -0.2) is 4.39 Å². The second-order valence-electron chi connectivity index (χ2n) is 6.16. The smallest absolute Gasteiger partial charge is 0.310 e. The van der Waals surface area contributed by atoms with Crippen LogP contribution in [0.1, 0.15) is 28.7 Å². The van der Waals surface area contributed by atoms with Crippen molar-refractivity contribution in [2.75, 3.05) is 6.61 Å². The summed E-state index contributed by atoms with van der Waals surface area (Å²) in [6.07, 6.45) is 3.46. The van der Waals surface area contributed by atoms with Crippen LogP contribution in [0.15, 0.2) is 42.5 Å². The van der Waals surface area contributed by atoms with Crippen molar-refractivity contribution in [2.24, 2.45) is 0 Å². The van der Waals surface area contributed by atoms with Crippen molar-refractivity contribution in [3.63, 3.8) is 0 Å². The summed E-state index contributed by atoms with van der Waals surface area (Å²) in [6.45, 7) is -0.299. The zero-order valence-corrected chi connectivity index (χ0v) is 13.9. The van der Waals surface area contributed by atoms with E-state index in [1.807, 2.05) is 12.1 Å². The third kappa shape index (κ3) is 4.66. The van der Waals surface area contributed by atoms with Crippen molar-refractivity contribution in [1.82, 2.24) is 5.32 Å². The molecule has 4 nitrogen and oxygen atoms in total. The van der Waals surface area contributed by atoms with Crippen LogP contribution in [0.3, 0.4) is 0 Å². The molecule has 0 atom stereocenters. The van der Waals surface area contributed by atoms with Gasteiger partial charge in [0.05, 0.1) is 6.42 Å². The van der Waals surface area contributed by atoms with Crippen molar-refractivity contribution in [1.29, 1.82) is 0 Å². The monoisotopic (exact) mass is 341 g/mol. The topological polar surface area (TPSA) is 55.4 Å². The molecule has 1 aliphatic carbocycles. The lowest BCUT2D eigenvalue weighted by Gasteiger charge is -2.08. The minimum absolute atomic E-state index is 0.0634. The molecular weight excluding hydrogens is 321 g/mol. The second-order valence-corrected chi connectivity index (χ2v) is 6.16. The molecular formula is C20H20FNO3. The lowest BCUT2D eigenvalue weighted by molar-refractivity contribution is -0.147. The Kier molecular flexibility index (Phi) is 5.43. The van der Waals surface area contributed by atoms with Crippen LogP contribution >= 0.6 is 0 Å². The highest BCUT2D eigenvalue weighted by molar-refractivity contribution is 5.81. The number of hydrogen-bond acceptors (Lipinski definition) is 3. The highest BCUT2D eigenvalue weighted by Crippen LogP contribution is 2.23. The zero-order chi connectivity index (χ0) is 17.6. The van der Waals surface area contributed by atoms with Gasteiger partial charge in [0.25, 0.3) is 5.91 Å². The van der Waals surface area contributed by atoms with Gasteiger partial charge in [0.15, 0.2) is 6.61 Å². The van der Waals surface area contributed by atoms with Crippen LogP contribution in [0.2, 0.25) is 0 Å². The number of aryl methyl sites for hydroxylation is 2. The van der Waals surface area contributed by atoms with E-state index in [2.05, 4.69) is 11.4 Å². The van der Waals surface area contributed by atoms with E-state index in [0.717, 1.165) is 24.8 Å². The summed E-state index contributed by atoms with van der Waals surface area (Å²) in [5, 5.41) is 2.54. The molecule has 0 radical (unpaired) electrons. The summed E-state index contributed by atoms with van der Waals surface area (Å²) in [6, 6.07) is 12.2. The fourth-order valence-corrected chi connectivity index (χ4v) is 2.99. The molecule has 0 saturated carbocycles. The highest BCUT2D eigenvalue weighted by Gasteiger charge is 2.13. The van der Waals surface area contributed by atoms with Crippen molar-refractivity contribution >= 4 is 11.9 Å². The fraction of sp³-hybridized carbons (Fsp3) is 0.300. The molecule has 0 aliphatic heterocycles. The summed E-state index contributed by atoms with van der Waals surface area (Å²) in [4.78, 5) is 23.6. The third-order valence-corrected chi connectivity index (χ3v) is 4.31. The number of carbonyl (C=O) groups excluding carboxylic acids is 2. The lowest BCUT2D eigenvalue weighted by Crippen LogP contribution is -2.29. The average molecular weight is 341 g/mol. The number of rotatable bonds is 6. The fourth-order valence-electron chi connectivity index (χ4n) is 2.99.